The van der Waals surface area contributed by atoms with E-state index in [0.29, 0.717) is 6.54 Å². The first-order valence-electron chi connectivity index (χ1n) is 9.39. The summed E-state index contributed by atoms with van der Waals surface area (Å²) in [6.45, 7) is 5.74. The molecule has 0 radical (unpaired) electrons. The lowest BCUT2D eigenvalue weighted by Crippen LogP contribution is -2.51. The van der Waals surface area contributed by atoms with Crippen molar-refractivity contribution in [2.75, 3.05) is 39.3 Å². The molecule has 0 aromatic heterocycles. The third-order valence-electron chi connectivity index (χ3n) is 5.76. The Morgan fingerprint density at radius 2 is 1.68 bits per heavy atom. The van der Waals surface area contributed by atoms with Crippen molar-refractivity contribution < 1.29 is 9.59 Å². The van der Waals surface area contributed by atoms with Gasteiger partial charge in [-0.3, -0.25) is 14.5 Å². The van der Waals surface area contributed by atoms with Gasteiger partial charge in [0, 0.05) is 45.1 Å². The van der Waals surface area contributed by atoms with Crippen LogP contribution in [0.2, 0.25) is 0 Å². The summed E-state index contributed by atoms with van der Waals surface area (Å²) < 4.78 is 0. The zero-order valence-electron chi connectivity index (χ0n) is 15.2. The molecule has 1 aliphatic carbocycles. The second-order valence-corrected chi connectivity index (χ2v) is 7.41. The fraction of sp³-hybridized carbons (Fsp3) is 0.600. The van der Waals surface area contributed by atoms with E-state index in [1.54, 1.807) is 6.92 Å². The minimum absolute atomic E-state index is 0.0958. The predicted octanol–water partition coefficient (Wildman–Crippen LogP) is 1.78. The van der Waals surface area contributed by atoms with E-state index in [9.17, 15) is 9.59 Å². The van der Waals surface area contributed by atoms with Crippen molar-refractivity contribution in [3.63, 3.8) is 0 Å². The standard InChI is InChI=1S/C20H29N3O2/c1-17(24)23-13-11-22(12-14-23)15-19(25)21-16-20(9-5-6-10-20)18-7-3-2-4-8-18/h2-4,7-8H,5-6,9-16H2,1H3,(H,21,25). The Labute approximate surface area is 150 Å². The molecule has 3 rings (SSSR count). The lowest BCUT2D eigenvalue weighted by atomic mass is 9.79. The lowest BCUT2D eigenvalue weighted by Gasteiger charge is -2.34. The molecule has 0 atom stereocenters. The van der Waals surface area contributed by atoms with Gasteiger partial charge in [-0.05, 0) is 18.4 Å². The summed E-state index contributed by atoms with van der Waals surface area (Å²) in [5, 5.41) is 3.18. The van der Waals surface area contributed by atoms with Gasteiger partial charge < -0.3 is 10.2 Å². The van der Waals surface area contributed by atoms with Gasteiger partial charge in [0.05, 0.1) is 6.54 Å². The van der Waals surface area contributed by atoms with Gasteiger partial charge in [-0.1, -0.05) is 43.2 Å². The molecule has 1 saturated heterocycles. The van der Waals surface area contributed by atoms with Crippen molar-refractivity contribution >= 4 is 11.8 Å². The van der Waals surface area contributed by atoms with Crippen LogP contribution in [-0.4, -0.2) is 60.9 Å². The number of nitrogens with one attached hydrogen (secondary N) is 1. The third-order valence-corrected chi connectivity index (χ3v) is 5.76. The number of nitrogens with zero attached hydrogens (tertiary/aromatic N) is 2. The van der Waals surface area contributed by atoms with E-state index in [2.05, 4.69) is 34.5 Å². The second-order valence-electron chi connectivity index (χ2n) is 7.41. The molecular weight excluding hydrogens is 314 g/mol. The van der Waals surface area contributed by atoms with Crippen molar-refractivity contribution in [3.05, 3.63) is 35.9 Å². The van der Waals surface area contributed by atoms with Crippen molar-refractivity contribution in [1.82, 2.24) is 15.1 Å². The first kappa shape index (κ1) is 17.9. The molecule has 25 heavy (non-hydrogen) atoms. The number of hydrogen-bond acceptors (Lipinski definition) is 3. The first-order chi connectivity index (χ1) is 12.1. The Hall–Kier alpha value is -1.88. The van der Waals surface area contributed by atoms with Crippen LogP contribution >= 0.6 is 0 Å². The molecule has 0 spiro atoms. The fourth-order valence-electron chi connectivity index (χ4n) is 4.16. The highest BCUT2D eigenvalue weighted by Crippen LogP contribution is 2.40. The molecule has 1 aliphatic heterocycles. The molecule has 1 heterocycles. The smallest absolute Gasteiger partial charge is 0.234 e. The minimum atomic E-state index is 0.0958. The van der Waals surface area contributed by atoms with Gasteiger partial charge in [0.15, 0.2) is 0 Å². The maximum Gasteiger partial charge on any atom is 0.234 e. The van der Waals surface area contributed by atoms with Crippen LogP contribution in [-0.2, 0) is 15.0 Å². The van der Waals surface area contributed by atoms with E-state index in [-0.39, 0.29) is 17.2 Å². The molecule has 1 aromatic carbocycles. The van der Waals surface area contributed by atoms with E-state index >= 15 is 0 Å². The summed E-state index contributed by atoms with van der Waals surface area (Å²) in [6.07, 6.45) is 4.76. The van der Waals surface area contributed by atoms with E-state index < -0.39 is 0 Å². The fourth-order valence-corrected chi connectivity index (χ4v) is 4.16. The molecular formula is C20H29N3O2. The number of amides is 2. The molecule has 1 saturated carbocycles. The molecule has 5 nitrogen and oxygen atoms in total. The SMILES string of the molecule is CC(=O)N1CCN(CC(=O)NCC2(c3ccccc3)CCCC2)CC1. The molecule has 1 aromatic rings. The van der Waals surface area contributed by atoms with E-state index in [1.807, 2.05) is 11.0 Å². The Morgan fingerprint density at radius 3 is 2.28 bits per heavy atom. The Balaban J connectivity index is 1.50. The van der Waals surface area contributed by atoms with Crippen LogP contribution in [0, 0.1) is 0 Å². The highest BCUT2D eigenvalue weighted by Gasteiger charge is 2.35. The van der Waals surface area contributed by atoms with Gasteiger partial charge in [-0.15, -0.1) is 0 Å². The molecule has 136 valence electrons. The monoisotopic (exact) mass is 343 g/mol. The molecule has 1 N–H and O–H groups in total. The predicted molar refractivity (Wildman–Crippen MR) is 98.3 cm³/mol. The summed E-state index contributed by atoms with van der Waals surface area (Å²) in [5.41, 5.74) is 1.45. The van der Waals surface area contributed by atoms with Gasteiger partial charge in [-0.2, -0.15) is 0 Å². The second kappa shape index (κ2) is 8.00. The van der Waals surface area contributed by atoms with Crippen LogP contribution in [0.25, 0.3) is 0 Å². The number of carbonyl (C=O) groups excluding carboxylic acids is 2. The lowest BCUT2D eigenvalue weighted by molar-refractivity contribution is -0.131. The maximum absolute atomic E-state index is 12.4. The van der Waals surface area contributed by atoms with Crippen molar-refractivity contribution in [1.29, 1.82) is 0 Å². The Kier molecular flexibility index (Phi) is 5.74. The third kappa shape index (κ3) is 4.40. The number of benzene rings is 1. The van der Waals surface area contributed by atoms with Gasteiger partial charge in [-0.25, -0.2) is 0 Å². The summed E-state index contributed by atoms with van der Waals surface area (Å²) in [6, 6.07) is 10.6. The minimum Gasteiger partial charge on any atom is -0.354 e. The quantitative estimate of drug-likeness (QED) is 0.887. The van der Waals surface area contributed by atoms with Crippen LogP contribution in [0.15, 0.2) is 30.3 Å². The van der Waals surface area contributed by atoms with Crippen molar-refractivity contribution in [2.45, 2.75) is 38.0 Å². The number of rotatable bonds is 5. The number of piperazine rings is 1. The number of hydrogen-bond donors (Lipinski definition) is 1. The summed E-state index contributed by atoms with van der Waals surface area (Å²) in [5.74, 6) is 0.216. The van der Waals surface area contributed by atoms with E-state index in [4.69, 9.17) is 0 Å². The molecule has 0 unspecified atom stereocenters. The van der Waals surface area contributed by atoms with Gasteiger partial charge >= 0.3 is 0 Å². The average Bonchev–Trinajstić information content (AvgIpc) is 3.11. The van der Waals surface area contributed by atoms with E-state index in [1.165, 1.54) is 18.4 Å². The topological polar surface area (TPSA) is 52.7 Å². The highest BCUT2D eigenvalue weighted by molar-refractivity contribution is 5.78. The molecule has 2 fully saturated rings. The van der Waals surface area contributed by atoms with Crippen molar-refractivity contribution in [3.8, 4) is 0 Å². The largest absolute Gasteiger partial charge is 0.354 e. The van der Waals surface area contributed by atoms with Crippen LogP contribution in [0.4, 0.5) is 0 Å². The average molecular weight is 343 g/mol. The molecule has 2 aliphatic rings. The van der Waals surface area contributed by atoms with Gasteiger partial charge in [0.1, 0.15) is 0 Å². The summed E-state index contributed by atoms with van der Waals surface area (Å²) >= 11 is 0. The number of carbonyl (C=O) groups is 2. The van der Waals surface area contributed by atoms with Crippen LogP contribution in [0.3, 0.4) is 0 Å². The summed E-state index contributed by atoms with van der Waals surface area (Å²) in [7, 11) is 0. The molecule has 5 heteroatoms. The van der Waals surface area contributed by atoms with Gasteiger partial charge in [0.25, 0.3) is 0 Å². The summed E-state index contributed by atoms with van der Waals surface area (Å²) in [4.78, 5) is 27.8. The van der Waals surface area contributed by atoms with Crippen LogP contribution in [0.1, 0.15) is 38.2 Å². The zero-order valence-corrected chi connectivity index (χ0v) is 15.2. The van der Waals surface area contributed by atoms with E-state index in [0.717, 1.165) is 45.6 Å². The van der Waals surface area contributed by atoms with Gasteiger partial charge in [0.2, 0.25) is 11.8 Å². The molecule has 2 amide bonds. The van der Waals surface area contributed by atoms with Crippen LogP contribution in [0.5, 0.6) is 0 Å². The molecule has 0 bridgehead atoms. The first-order valence-corrected chi connectivity index (χ1v) is 9.39. The maximum atomic E-state index is 12.4. The normalized spacial score (nSPS) is 20.4. The Morgan fingerprint density at radius 1 is 1.04 bits per heavy atom. The van der Waals surface area contributed by atoms with Crippen molar-refractivity contribution in [2.24, 2.45) is 0 Å². The Bertz CT molecular complexity index is 588. The zero-order chi connectivity index (χ0) is 17.7. The highest BCUT2D eigenvalue weighted by atomic mass is 16.2. The van der Waals surface area contributed by atoms with Crippen LogP contribution < -0.4 is 5.32 Å².